The highest BCUT2D eigenvalue weighted by Crippen LogP contribution is 2.22. The van der Waals surface area contributed by atoms with Crippen molar-refractivity contribution in [1.82, 2.24) is 4.98 Å². The molecular weight excluding hydrogens is 248 g/mol. The van der Waals surface area contributed by atoms with Gasteiger partial charge in [-0.1, -0.05) is 38.1 Å². The Bertz CT molecular complexity index is 557. The molecule has 0 radical (unpaired) electrons. The van der Waals surface area contributed by atoms with Crippen molar-refractivity contribution in [2.45, 2.75) is 33.1 Å². The lowest BCUT2D eigenvalue weighted by molar-refractivity contribution is -0.115. The van der Waals surface area contributed by atoms with E-state index in [2.05, 4.69) is 36.3 Å². The summed E-state index contributed by atoms with van der Waals surface area (Å²) in [5, 5.41) is 3.05. The van der Waals surface area contributed by atoms with Crippen LogP contribution in [0.4, 0.5) is 5.69 Å². The summed E-state index contributed by atoms with van der Waals surface area (Å²) in [6.07, 6.45) is 3.84. The normalized spacial score (nSPS) is 10.3. The lowest BCUT2D eigenvalue weighted by Crippen LogP contribution is -2.17. The molecule has 0 aliphatic rings. The zero-order chi connectivity index (χ0) is 14.4. The Morgan fingerprint density at radius 2 is 1.75 bits per heavy atom. The number of nitrogens with zero attached hydrogens (tertiary/aromatic N) is 1. The van der Waals surface area contributed by atoms with Crippen LogP contribution in [0.15, 0.2) is 42.6 Å². The number of pyridine rings is 1. The van der Waals surface area contributed by atoms with E-state index in [4.69, 9.17) is 0 Å². The number of benzene rings is 1. The average molecular weight is 268 g/mol. The van der Waals surface area contributed by atoms with Gasteiger partial charge in [-0.3, -0.25) is 9.78 Å². The third-order valence-electron chi connectivity index (χ3n) is 3.33. The maximum absolute atomic E-state index is 12.2. The summed E-state index contributed by atoms with van der Waals surface area (Å²) in [6, 6.07) is 11.8. The fourth-order valence-corrected chi connectivity index (χ4v) is 2.25. The summed E-state index contributed by atoms with van der Waals surface area (Å²) in [6.45, 7) is 4.20. The van der Waals surface area contributed by atoms with Crippen molar-refractivity contribution >= 4 is 11.6 Å². The molecule has 0 aliphatic carbocycles. The Labute approximate surface area is 120 Å². The maximum atomic E-state index is 12.2. The Morgan fingerprint density at radius 1 is 1.05 bits per heavy atom. The molecule has 1 N–H and O–H groups in total. The van der Waals surface area contributed by atoms with E-state index in [-0.39, 0.29) is 5.91 Å². The van der Waals surface area contributed by atoms with Gasteiger partial charge >= 0.3 is 0 Å². The Hall–Kier alpha value is -2.16. The van der Waals surface area contributed by atoms with Gasteiger partial charge in [-0.25, -0.2) is 0 Å². The predicted octanol–water partition coefficient (Wildman–Crippen LogP) is 3.39. The van der Waals surface area contributed by atoms with Gasteiger partial charge in [0.1, 0.15) is 0 Å². The van der Waals surface area contributed by atoms with E-state index in [1.807, 2.05) is 24.3 Å². The van der Waals surface area contributed by atoms with Gasteiger partial charge in [0.2, 0.25) is 5.91 Å². The minimum Gasteiger partial charge on any atom is -0.325 e. The SMILES string of the molecule is CCc1cccc(CC)c1NC(=O)Cc1ccccn1. The number of carbonyl (C=O) groups is 1. The number of rotatable bonds is 5. The van der Waals surface area contributed by atoms with E-state index >= 15 is 0 Å². The number of nitrogens with one attached hydrogen (secondary N) is 1. The third-order valence-corrected chi connectivity index (χ3v) is 3.33. The fourth-order valence-electron chi connectivity index (χ4n) is 2.25. The van der Waals surface area contributed by atoms with Crippen molar-refractivity contribution in [2.75, 3.05) is 5.32 Å². The summed E-state index contributed by atoms with van der Waals surface area (Å²) >= 11 is 0. The van der Waals surface area contributed by atoms with Crippen molar-refractivity contribution in [3.05, 3.63) is 59.4 Å². The van der Waals surface area contributed by atoms with E-state index in [1.54, 1.807) is 6.20 Å². The maximum Gasteiger partial charge on any atom is 0.230 e. The lowest BCUT2D eigenvalue weighted by atomic mass is 10.0. The molecule has 1 amide bonds. The first-order chi connectivity index (χ1) is 9.74. The molecule has 3 nitrogen and oxygen atoms in total. The van der Waals surface area contributed by atoms with Crippen LogP contribution in [0.5, 0.6) is 0 Å². The van der Waals surface area contributed by atoms with Gasteiger partial charge in [-0.05, 0) is 36.1 Å². The molecule has 0 saturated heterocycles. The molecule has 0 atom stereocenters. The molecule has 3 heteroatoms. The summed E-state index contributed by atoms with van der Waals surface area (Å²) in [7, 11) is 0. The lowest BCUT2D eigenvalue weighted by Gasteiger charge is -2.14. The monoisotopic (exact) mass is 268 g/mol. The van der Waals surface area contributed by atoms with Gasteiger partial charge in [0, 0.05) is 17.6 Å². The van der Waals surface area contributed by atoms with Crippen LogP contribution in [0.25, 0.3) is 0 Å². The van der Waals surface area contributed by atoms with Gasteiger partial charge in [-0.2, -0.15) is 0 Å². The largest absolute Gasteiger partial charge is 0.325 e. The quantitative estimate of drug-likeness (QED) is 0.903. The molecule has 0 saturated carbocycles. The second-order valence-electron chi connectivity index (χ2n) is 4.70. The molecule has 0 bridgehead atoms. The van der Waals surface area contributed by atoms with E-state index < -0.39 is 0 Å². The van der Waals surface area contributed by atoms with Crippen LogP contribution in [0, 0.1) is 0 Å². The van der Waals surface area contributed by atoms with E-state index in [9.17, 15) is 4.79 Å². The Balaban J connectivity index is 2.15. The summed E-state index contributed by atoms with van der Waals surface area (Å²) in [4.78, 5) is 16.4. The van der Waals surface area contributed by atoms with Crippen LogP contribution in [-0.2, 0) is 24.1 Å². The number of hydrogen-bond acceptors (Lipinski definition) is 2. The van der Waals surface area contributed by atoms with Crippen molar-refractivity contribution in [1.29, 1.82) is 0 Å². The first-order valence-corrected chi connectivity index (χ1v) is 7.05. The molecule has 0 unspecified atom stereocenters. The molecule has 104 valence electrons. The predicted molar refractivity (Wildman–Crippen MR) is 81.8 cm³/mol. The van der Waals surface area contributed by atoms with Crippen LogP contribution in [0.3, 0.4) is 0 Å². The molecule has 0 spiro atoms. The Kier molecular flexibility index (Phi) is 4.88. The molecule has 0 aliphatic heterocycles. The second kappa shape index (κ2) is 6.85. The van der Waals surface area contributed by atoms with Crippen LogP contribution in [-0.4, -0.2) is 10.9 Å². The van der Waals surface area contributed by atoms with Gasteiger partial charge in [0.15, 0.2) is 0 Å². The molecule has 2 aromatic rings. The van der Waals surface area contributed by atoms with Crippen molar-refractivity contribution in [3.8, 4) is 0 Å². The molecule has 1 aromatic heterocycles. The number of carbonyl (C=O) groups excluding carboxylic acids is 1. The number of aryl methyl sites for hydroxylation is 2. The molecule has 20 heavy (non-hydrogen) atoms. The summed E-state index contributed by atoms with van der Waals surface area (Å²) in [5.74, 6) is -0.0145. The van der Waals surface area contributed by atoms with E-state index in [1.165, 1.54) is 11.1 Å². The molecule has 0 fully saturated rings. The number of anilines is 1. The summed E-state index contributed by atoms with van der Waals surface area (Å²) < 4.78 is 0. The standard InChI is InChI=1S/C17H20N2O/c1-3-13-8-7-9-14(4-2)17(13)19-16(20)12-15-10-5-6-11-18-15/h5-11H,3-4,12H2,1-2H3,(H,19,20). The van der Waals surface area contributed by atoms with Gasteiger partial charge < -0.3 is 5.32 Å². The number of aromatic nitrogens is 1. The zero-order valence-corrected chi connectivity index (χ0v) is 12.0. The van der Waals surface area contributed by atoms with Gasteiger partial charge in [-0.15, -0.1) is 0 Å². The first kappa shape index (κ1) is 14.3. The Morgan fingerprint density at radius 3 is 2.30 bits per heavy atom. The average Bonchev–Trinajstić information content (AvgIpc) is 2.48. The number of para-hydroxylation sites is 1. The van der Waals surface area contributed by atoms with Crippen molar-refractivity contribution in [3.63, 3.8) is 0 Å². The zero-order valence-electron chi connectivity index (χ0n) is 12.0. The smallest absolute Gasteiger partial charge is 0.230 e. The minimum atomic E-state index is -0.0145. The van der Waals surface area contributed by atoms with Crippen molar-refractivity contribution in [2.24, 2.45) is 0 Å². The highest BCUT2D eigenvalue weighted by Gasteiger charge is 2.10. The molecular formula is C17H20N2O. The molecule has 2 rings (SSSR count). The highest BCUT2D eigenvalue weighted by atomic mass is 16.1. The second-order valence-corrected chi connectivity index (χ2v) is 4.70. The molecule has 1 heterocycles. The summed E-state index contributed by atoms with van der Waals surface area (Å²) in [5.41, 5.74) is 4.12. The minimum absolute atomic E-state index is 0.0145. The fraction of sp³-hybridized carbons (Fsp3) is 0.294. The number of amides is 1. The highest BCUT2D eigenvalue weighted by molar-refractivity contribution is 5.93. The number of hydrogen-bond donors (Lipinski definition) is 1. The topological polar surface area (TPSA) is 42.0 Å². The first-order valence-electron chi connectivity index (χ1n) is 7.05. The van der Waals surface area contributed by atoms with Gasteiger partial charge in [0.05, 0.1) is 6.42 Å². The third kappa shape index (κ3) is 3.44. The van der Waals surface area contributed by atoms with Gasteiger partial charge in [0.25, 0.3) is 0 Å². The van der Waals surface area contributed by atoms with E-state index in [0.717, 1.165) is 24.2 Å². The van der Waals surface area contributed by atoms with E-state index in [0.29, 0.717) is 6.42 Å². The van der Waals surface area contributed by atoms with Crippen LogP contribution in [0.1, 0.15) is 30.7 Å². The van der Waals surface area contributed by atoms with Crippen LogP contribution in [0.2, 0.25) is 0 Å². The van der Waals surface area contributed by atoms with Crippen LogP contribution >= 0.6 is 0 Å². The van der Waals surface area contributed by atoms with Crippen LogP contribution < -0.4 is 5.32 Å². The molecule has 1 aromatic carbocycles. The van der Waals surface area contributed by atoms with Crippen molar-refractivity contribution < 1.29 is 4.79 Å².